The zero-order valence-corrected chi connectivity index (χ0v) is 17.7. The fourth-order valence-electron chi connectivity index (χ4n) is 3.80. The van der Waals surface area contributed by atoms with Gasteiger partial charge in [0.05, 0.1) is 10.7 Å². The van der Waals surface area contributed by atoms with Gasteiger partial charge in [-0.3, -0.25) is 0 Å². The van der Waals surface area contributed by atoms with Crippen LogP contribution in [0.3, 0.4) is 0 Å². The first kappa shape index (κ1) is 20.6. The Kier molecular flexibility index (Phi) is 6.21. The standard InChI is InChI=1S/C24H25ClFN3O/c1-16-4-7-23(30)19(12-16)22-14-18(17-5-6-20(25)21(26)13-17)15-24(28-22)27-8-11-29-9-2-3-10-29/h4-7,12-15,30H,2-3,8-11H2,1H3,(H,27,28). The van der Waals surface area contributed by atoms with Crippen LogP contribution in [0.4, 0.5) is 10.2 Å². The van der Waals surface area contributed by atoms with Crippen molar-refractivity contribution >= 4 is 17.4 Å². The number of nitrogens with zero attached hydrogens (tertiary/aromatic N) is 2. The van der Waals surface area contributed by atoms with E-state index in [0.717, 1.165) is 37.3 Å². The summed E-state index contributed by atoms with van der Waals surface area (Å²) < 4.78 is 14.1. The molecule has 0 amide bonds. The number of aryl methyl sites for hydroxylation is 1. The molecule has 0 unspecified atom stereocenters. The number of anilines is 1. The lowest BCUT2D eigenvalue weighted by Crippen LogP contribution is -2.26. The highest BCUT2D eigenvalue weighted by Crippen LogP contribution is 2.34. The molecule has 1 aliphatic heterocycles. The number of rotatable bonds is 6. The van der Waals surface area contributed by atoms with Crippen LogP contribution < -0.4 is 5.32 Å². The van der Waals surface area contributed by atoms with Gasteiger partial charge in [0.2, 0.25) is 0 Å². The van der Waals surface area contributed by atoms with E-state index >= 15 is 0 Å². The molecule has 1 fully saturated rings. The number of benzene rings is 2. The number of pyridine rings is 1. The highest BCUT2D eigenvalue weighted by molar-refractivity contribution is 6.30. The number of halogens is 2. The van der Waals surface area contributed by atoms with Crippen molar-refractivity contribution in [1.29, 1.82) is 0 Å². The van der Waals surface area contributed by atoms with Gasteiger partial charge in [-0.05, 0) is 80.4 Å². The number of phenolic OH excluding ortho intramolecular Hbond substituents is 1. The van der Waals surface area contributed by atoms with E-state index in [9.17, 15) is 9.50 Å². The summed E-state index contributed by atoms with van der Waals surface area (Å²) in [7, 11) is 0. The third-order valence-electron chi connectivity index (χ3n) is 5.44. The van der Waals surface area contributed by atoms with E-state index in [0.29, 0.717) is 22.6 Å². The minimum atomic E-state index is -0.463. The number of nitrogens with one attached hydrogen (secondary N) is 1. The summed E-state index contributed by atoms with van der Waals surface area (Å²) in [6.45, 7) is 5.97. The molecule has 0 saturated carbocycles. The van der Waals surface area contributed by atoms with Gasteiger partial charge in [-0.15, -0.1) is 0 Å². The van der Waals surface area contributed by atoms with Gasteiger partial charge in [0.25, 0.3) is 0 Å². The zero-order chi connectivity index (χ0) is 21.1. The van der Waals surface area contributed by atoms with Gasteiger partial charge in [-0.2, -0.15) is 0 Å². The Morgan fingerprint density at radius 2 is 1.87 bits per heavy atom. The van der Waals surface area contributed by atoms with E-state index in [4.69, 9.17) is 16.6 Å². The van der Waals surface area contributed by atoms with Crippen LogP contribution >= 0.6 is 11.6 Å². The number of phenols is 1. The monoisotopic (exact) mass is 425 g/mol. The average molecular weight is 426 g/mol. The Hall–Kier alpha value is -2.63. The molecule has 6 heteroatoms. The van der Waals surface area contributed by atoms with Gasteiger partial charge >= 0.3 is 0 Å². The van der Waals surface area contributed by atoms with Gasteiger partial charge in [-0.25, -0.2) is 9.37 Å². The number of hydrogen-bond acceptors (Lipinski definition) is 4. The number of aromatic hydroxyl groups is 1. The Balaban J connectivity index is 1.69. The highest BCUT2D eigenvalue weighted by atomic mass is 35.5. The molecular formula is C24H25ClFN3O. The Labute approximate surface area is 181 Å². The Morgan fingerprint density at radius 1 is 1.07 bits per heavy atom. The van der Waals surface area contributed by atoms with Crippen molar-refractivity contribution in [3.8, 4) is 28.1 Å². The first-order valence-corrected chi connectivity index (χ1v) is 10.6. The fraction of sp³-hybridized carbons (Fsp3) is 0.292. The predicted molar refractivity (Wildman–Crippen MR) is 121 cm³/mol. The SMILES string of the molecule is Cc1ccc(O)c(-c2cc(-c3ccc(Cl)c(F)c3)cc(NCCN3CCCC3)n2)c1. The molecule has 0 bridgehead atoms. The van der Waals surface area contributed by atoms with Crippen LogP contribution in [0.1, 0.15) is 18.4 Å². The molecule has 2 N–H and O–H groups in total. The third kappa shape index (κ3) is 4.74. The third-order valence-corrected chi connectivity index (χ3v) is 5.75. The lowest BCUT2D eigenvalue weighted by Gasteiger charge is -2.16. The molecular weight excluding hydrogens is 401 g/mol. The molecule has 1 saturated heterocycles. The van der Waals surface area contributed by atoms with E-state index in [1.165, 1.54) is 18.9 Å². The molecule has 4 nitrogen and oxygen atoms in total. The number of likely N-dealkylation sites (tertiary alicyclic amines) is 1. The topological polar surface area (TPSA) is 48.4 Å². The number of hydrogen-bond donors (Lipinski definition) is 2. The minimum absolute atomic E-state index is 0.0910. The largest absolute Gasteiger partial charge is 0.507 e. The van der Waals surface area contributed by atoms with Crippen molar-refractivity contribution < 1.29 is 9.50 Å². The Bertz CT molecular complexity index is 1050. The molecule has 1 aromatic heterocycles. The van der Waals surface area contributed by atoms with Crippen molar-refractivity contribution in [2.24, 2.45) is 0 Å². The van der Waals surface area contributed by atoms with Gasteiger partial charge in [0.15, 0.2) is 0 Å². The second-order valence-electron chi connectivity index (χ2n) is 7.75. The van der Waals surface area contributed by atoms with Crippen LogP contribution in [0, 0.1) is 12.7 Å². The first-order chi connectivity index (χ1) is 14.5. The number of aromatic nitrogens is 1. The molecule has 2 aromatic carbocycles. The van der Waals surface area contributed by atoms with E-state index in [-0.39, 0.29) is 10.8 Å². The molecule has 1 aliphatic rings. The summed E-state index contributed by atoms with van der Waals surface area (Å²) in [6, 6.07) is 14.0. The van der Waals surface area contributed by atoms with E-state index in [1.807, 2.05) is 31.2 Å². The molecule has 0 aliphatic carbocycles. The molecule has 0 spiro atoms. The van der Waals surface area contributed by atoms with Gasteiger partial charge < -0.3 is 15.3 Å². The first-order valence-electron chi connectivity index (χ1n) is 10.2. The maximum Gasteiger partial charge on any atom is 0.142 e. The second kappa shape index (κ2) is 9.02. The van der Waals surface area contributed by atoms with Gasteiger partial charge in [0, 0.05) is 18.7 Å². The zero-order valence-electron chi connectivity index (χ0n) is 17.0. The normalized spacial score (nSPS) is 14.2. The van der Waals surface area contributed by atoms with Crippen LogP contribution in [0.25, 0.3) is 22.4 Å². The van der Waals surface area contributed by atoms with Crippen molar-refractivity contribution in [1.82, 2.24) is 9.88 Å². The minimum Gasteiger partial charge on any atom is -0.507 e. The molecule has 0 atom stereocenters. The second-order valence-corrected chi connectivity index (χ2v) is 8.16. The quantitative estimate of drug-likeness (QED) is 0.529. The lowest BCUT2D eigenvalue weighted by molar-refractivity contribution is 0.352. The summed E-state index contributed by atoms with van der Waals surface area (Å²) >= 11 is 5.86. The van der Waals surface area contributed by atoms with Crippen LogP contribution in [-0.4, -0.2) is 41.2 Å². The summed E-state index contributed by atoms with van der Waals surface area (Å²) in [5.41, 5.74) is 3.81. The molecule has 30 heavy (non-hydrogen) atoms. The van der Waals surface area contributed by atoms with Crippen molar-refractivity contribution in [3.05, 3.63) is 64.9 Å². The summed E-state index contributed by atoms with van der Waals surface area (Å²) in [6.07, 6.45) is 2.51. The summed E-state index contributed by atoms with van der Waals surface area (Å²) in [4.78, 5) is 7.16. The van der Waals surface area contributed by atoms with Crippen molar-refractivity contribution in [2.45, 2.75) is 19.8 Å². The predicted octanol–water partition coefficient (Wildman–Crippen LogP) is 5.73. The molecule has 3 aromatic rings. The Morgan fingerprint density at radius 3 is 2.63 bits per heavy atom. The van der Waals surface area contributed by atoms with Crippen molar-refractivity contribution in [2.75, 3.05) is 31.5 Å². The van der Waals surface area contributed by atoms with Crippen molar-refractivity contribution in [3.63, 3.8) is 0 Å². The van der Waals surface area contributed by atoms with Crippen LogP contribution in [0.2, 0.25) is 5.02 Å². The molecule has 4 rings (SSSR count). The average Bonchev–Trinajstić information content (AvgIpc) is 3.25. The summed E-state index contributed by atoms with van der Waals surface area (Å²) in [5.74, 6) is 0.392. The lowest BCUT2D eigenvalue weighted by atomic mass is 10.0. The van der Waals surface area contributed by atoms with E-state index in [1.54, 1.807) is 18.2 Å². The molecule has 156 valence electrons. The smallest absolute Gasteiger partial charge is 0.142 e. The molecule has 2 heterocycles. The summed E-state index contributed by atoms with van der Waals surface area (Å²) in [5, 5.41) is 13.9. The maximum atomic E-state index is 14.1. The maximum absolute atomic E-state index is 14.1. The fourth-order valence-corrected chi connectivity index (χ4v) is 3.92. The van der Waals surface area contributed by atoms with Gasteiger partial charge in [0.1, 0.15) is 17.4 Å². The van der Waals surface area contributed by atoms with Gasteiger partial charge in [-0.1, -0.05) is 29.3 Å². The highest BCUT2D eigenvalue weighted by Gasteiger charge is 2.13. The van der Waals surface area contributed by atoms with Crippen LogP contribution in [0.15, 0.2) is 48.5 Å². The van der Waals surface area contributed by atoms with Crippen LogP contribution in [-0.2, 0) is 0 Å². The molecule has 0 radical (unpaired) electrons. The van der Waals surface area contributed by atoms with E-state index < -0.39 is 5.82 Å². The van der Waals surface area contributed by atoms with E-state index in [2.05, 4.69) is 10.2 Å². The van der Waals surface area contributed by atoms with Crippen LogP contribution in [0.5, 0.6) is 5.75 Å².